The van der Waals surface area contributed by atoms with Crippen LogP contribution in [-0.4, -0.2) is 33.7 Å². The van der Waals surface area contributed by atoms with Gasteiger partial charge in [0.05, 0.1) is 41.5 Å². The lowest BCUT2D eigenvalue weighted by Crippen LogP contribution is -2.27. The van der Waals surface area contributed by atoms with Crippen molar-refractivity contribution in [3.8, 4) is 17.1 Å². The number of ether oxygens (including phenoxy) is 2. The van der Waals surface area contributed by atoms with E-state index in [0.29, 0.717) is 30.1 Å². The third kappa shape index (κ3) is 6.39. The van der Waals surface area contributed by atoms with Crippen molar-refractivity contribution in [1.29, 1.82) is 0 Å². The van der Waals surface area contributed by atoms with Gasteiger partial charge in [-0.2, -0.15) is 0 Å². The first-order valence-corrected chi connectivity index (χ1v) is 14.5. The lowest BCUT2D eigenvalue weighted by Gasteiger charge is -2.28. The molecule has 0 aliphatic carbocycles. The molecule has 1 aliphatic rings. The Morgan fingerprint density at radius 1 is 0.979 bits per heavy atom. The lowest BCUT2D eigenvalue weighted by atomic mass is 9.87. The van der Waals surface area contributed by atoms with Gasteiger partial charge < -0.3 is 14.0 Å². The van der Waals surface area contributed by atoms with Gasteiger partial charge in [0.25, 0.3) is 6.43 Å². The second kappa shape index (κ2) is 12.7. The molecule has 0 radical (unpaired) electrons. The Morgan fingerprint density at radius 3 is 2.47 bits per heavy atom. The van der Waals surface area contributed by atoms with E-state index in [0.717, 1.165) is 24.3 Å². The number of carbonyl (C=O) groups excluding carboxylic acids is 1. The SMILES string of the molecule is CC1(C)COCC1n1c(Cc2cc(F)c(-c3cccc(OCc4ccc(C(F)F)cc4F)n3)cc2F)nc2ccc(C(=O)OF)cc21. The first kappa shape index (κ1) is 32.0. The van der Waals surface area contributed by atoms with Crippen LogP contribution in [-0.2, 0) is 22.7 Å². The lowest BCUT2D eigenvalue weighted by molar-refractivity contribution is -0.0787. The van der Waals surface area contributed by atoms with Crippen LogP contribution in [0.15, 0.2) is 66.7 Å². The molecular weight excluding hydrogens is 628 g/mol. The number of carbonyl (C=O) groups is 1. The van der Waals surface area contributed by atoms with E-state index >= 15 is 8.78 Å². The average Bonchev–Trinajstić information content (AvgIpc) is 3.58. The van der Waals surface area contributed by atoms with Crippen LogP contribution in [0, 0.1) is 22.9 Å². The van der Waals surface area contributed by atoms with E-state index in [1.165, 1.54) is 42.5 Å². The Kier molecular flexibility index (Phi) is 8.66. The summed E-state index contributed by atoms with van der Waals surface area (Å²) in [6.07, 6.45) is -2.95. The number of rotatable bonds is 9. The molecule has 47 heavy (non-hydrogen) atoms. The minimum Gasteiger partial charge on any atom is -0.473 e. The van der Waals surface area contributed by atoms with Gasteiger partial charge in [-0.25, -0.2) is 41.7 Å². The van der Waals surface area contributed by atoms with Crippen LogP contribution >= 0.6 is 0 Å². The number of halogens is 6. The summed E-state index contributed by atoms with van der Waals surface area (Å²) in [5.41, 5.74) is -0.0444. The van der Waals surface area contributed by atoms with E-state index in [1.807, 2.05) is 18.4 Å². The minimum atomic E-state index is -2.82. The standard InChI is InChI=1S/C34H27F6N3O4/c1-34(2)17-45-16-29(34)43-28-12-19(33(44)47-40)8-9-27(28)41-30(43)13-21-11-25(37)22(14-24(21)36)26-4-3-5-31(42-26)46-15-20-7-6-18(32(38)39)10-23(20)35/h3-12,14,29,32H,13,15-17H2,1-2H3. The highest BCUT2D eigenvalue weighted by molar-refractivity contribution is 5.93. The quantitative estimate of drug-likeness (QED) is 0.149. The molecular formula is C34H27F6N3O4. The van der Waals surface area contributed by atoms with Gasteiger partial charge in [0.2, 0.25) is 5.88 Å². The molecule has 244 valence electrons. The smallest absolute Gasteiger partial charge is 0.379 e. The highest BCUT2D eigenvalue weighted by atomic mass is 19.3. The molecule has 1 aliphatic heterocycles. The number of benzene rings is 3. The summed E-state index contributed by atoms with van der Waals surface area (Å²) < 4.78 is 96.9. The van der Waals surface area contributed by atoms with Crippen molar-refractivity contribution in [3.05, 3.63) is 112 Å². The second-order valence-electron chi connectivity index (χ2n) is 11.9. The number of pyridine rings is 1. The van der Waals surface area contributed by atoms with E-state index < -0.39 is 35.4 Å². The monoisotopic (exact) mass is 655 g/mol. The number of alkyl halides is 2. The van der Waals surface area contributed by atoms with Gasteiger partial charge in [-0.15, -0.1) is 0 Å². The van der Waals surface area contributed by atoms with Crippen LogP contribution < -0.4 is 4.74 Å². The summed E-state index contributed by atoms with van der Waals surface area (Å²) in [6, 6.07) is 13.5. The van der Waals surface area contributed by atoms with E-state index in [-0.39, 0.29) is 58.3 Å². The molecule has 1 atom stereocenters. The largest absolute Gasteiger partial charge is 0.473 e. The summed E-state index contributed by atoms with van der Waals surface area (Å²) in [6.45, 7) is 4.37. The summed E-state index contributed by atoms with van der Waals surface area (Å²) in [5.74, 6) is -3.20. The Morgan fingerprint density at radius 2 is 1.77 bits per heavy atom. The molecule has 1 saturated heterocycles. The first-order valence-electron chi connectivity index (χ1n) is 14.5. The maximum atomic E-state index is 15.7. The van der Waals surface area contributed by atoms with Crippen LogP contribution in [0.25, 0.3) is 22.3 Å². The fourth-order valence-electron chi connectivity index (χ4n) is 5.67. The molecule has 0 N–H and O–H groups in total. The third-order valence-corrected chi connectivity index (χ3v) is 8.22. The topological polar surface area (TPSA) is 75.5 Å². The third-order valence-electron chi connectivity index (χ3n) is 8.22. The average molecular weight is 656 g/mol. The first-order chi connectivity index (χ1) is 22.4. The van der Waals surface area contributed by atoms with Crippen molar-refractivity contribution in [2.24, 2.45) is 5.41 Å². The van der Waals surface area contributed by atoms with Gasteiger partial charge in [-0.3, -0.25) is 0 Å². The predicted molar refractivity (Wildman–Crippen MR) is 158 cm³/mol. The van der Waals surface area contributed by atoms with Gasteiger partial charge in [-0.1, -0.05) is 32.0 Å². The number of aromatic nitrogens is 3. The van der Waals surface area contributed by atoms with Crippen molar-refractivity contribution in [2.45, 2.75) is 39.3 Å². The highest BCUT2D eigenvalue weighted by Crippen LogP contribution is 2.41. The fourth-order valence-corrected chi connectivity index (χ4v) is 5.67. The van der Waals surface area contributed by atoms with Crippen molar-refractivity contribution < 1.29 is 45.7 Å². The molecule has 1 unspecified atom stereocenters. The molecule has 3 aromatic carbocycles. The summed E-state index contributed by atoms with van der Waals surface area (Å²) in [7, 11) is 0. The van der Waals surface area contributed by atoms with Gasteiger partial charge in [0.15, 0.2) is 0 Å². The Hall–Kier alpha value is -4.91. The van der Waals surface area contributed by atoms with Gasteiger partial charge in [0.1, 0.15) is 29.9 Å². The predicted octanol–water partition coefficient (Wildman–Crippen LogP) is 8.26. The maximum absolute atomic E-state index is 15.7. The minimum absolute atomic E-state index is 0.00181. The van der Waals surface area contributed by atoms with Crippen LogP contribution in [0.1, 0.15) is 59.2 Å². The number of hydrogen-bond acceptors (Lipinski definition) is 6. The zero-order chi connectivity index (χ0) is 33.5. The zero-order valence-corrected chi connectivity index (χ0v) is 25.1. The molecule has 0 bridgehead atoms. The number of fused-ring (bicyclic) bond motifs is 1. The Balaban J connectivity index is 1.29. The van der Waals surface area contributed by atoms with Gasteiger partial charge >= 0.3 is 5.97 Å². The second-order valence-corrected chi connectivity index (χ2v) is 11.9. The Labute approximate surface area is 264 Å². The molecule has 0 saturated carbocycles. The van der Waals surface area contributed by atoms with E-state index in [2.05, 4.69) is 14.9 Å². The molecule has 3 heterocycles. The molecule has 6 rings (SSSR count). The number of imidazole rings is 1. The van der Waals surface area contributed by atoms with Crippen molar-refractivity contribution in [1.82, 2.24) is 14.5 Å². The van der Waals surface area contributed by atoms with Crippen molar-refractivity contribution in [3.63, 3.8) is 0 Å². The van der Waals surface area contributed by atoms with Gasteiger partial charge in [0, 0.05) is 39.1 Å². The Bertz CT molecular complexity index is 1980. The molecule has 13 heteroatoms. The van der Waals surface area contributed by atoms with Crippen LogP contribution in [0.5, 0.6) is 5.88 Å². The molecule has 1 fully saturated rings. The maximum Gasteiger partial charge on any atom is 0.379 e. The normalized spacial score (nSPS) is 15.8. The van der Waals surface area contributed by atoms with Crippen LogP contribution in [0.2, 0.25) is 0 Å². The van der Waals surface area contributed by atoms with E-state index in [4.69, 9.17) is 9.47 Å². The van der Waals surface area contributed by atoms with Crippen molar-refractivity contribution in [2.75, 3.05) is 13.2 Å². The highest BCUT2D eigenvalue weighted by Gasteiger charge is 2.39. The van der Waals surface area contributed by atoms with Crippen LogP contribution in [0.4, 0.5) is 26.5 Å². The molecule has 0 amide bonds. The fraction of sp³-hybridized carbons (Fsp3) is 0.265. The molecule has 7 nitrogen and oxygen atoms in total. The van der Waals surface area contributed by atoms with Crippen molar-refractivity contribution >= 4 is 17.0 Å². The summed E-state index contributed by atoms with van der Waals surface area (Å²) in [4.78, 5) is 24.2. The summed E-state index contributed by atoms with van der Waals surface area (Å²) in [5, 5.41) is 0. The number of hydrogen-bond donors (Lipinski definition) is 0. The van der Waals surface area contributed by atoms with E-state index in [9.17, 15) is 22.5 Å². The van der Waals surface area contributed by atoms with Gasteiger partial charge in [-0.05, 0) is 48.0 Å². The zero-order valence-electron chi connectivity index (χ0n) is 25.1. The van der Waals surface area contributed by atoms with E-state index in [1.54, 1.807) is 0 Å². The summed E-state index contributed by atoms with van der Waals surface area (Å²) >= 11 is 0. The number of nitrogens with zero attached hydrogens (tertiary/aromatic N) is 3. The molecule has 0 spiro atoms. The van der Waals surface area contributed by atoms with Crippen LogP contribution in [0.3, 0.4) is 0 Å². The molecule has 2 aromatic heterocycles. The molecule has 5 aromatic rings.